The van der Waals surface area contributed by atoms with Gasteiger partial charge in [-0.1, -0.05) is 24.3 Å². The van der Waals surface area contributed by atoms with Crippen LogP contribution >= 0.6 is 0 Å². The van der Waals surface area contributed by atoms with Gasteiger partial charge in [0.05, 0.1) is 0 Å². The van der Waals surface area contributed by atoms with Crippen LogP contribution in [0.2, 0.25) is 0 Å². The maximum Gasteiger partial charge on any atom is 0.265 e. The Morgan fingerprint density at radius 1 is 1.07 bits per heavy atom. The molecule has 2 aromatic carbocycles. The van der Waals surface area contributed by atoms with E-state index >= 15 is 0 Å². The zero-order chi connectivity index (χ0) is 19.5. The van der Waals surface area contributed by atoms with Gasteiger partial charge in [-0.15, -0.1) is 0 Å². The summed E-state index contributed by atoms with van der Waals surface area (Å²) in [5.74, 6) is 0.157. The molecule has 0 saturated carbocycles. The zero-order valence-corrected chi connectivity index (χ0v) is 15.7. The van der Waals surface area contributed by atoms with E-state index in [1.54, 1.807) is 43.3 Å². The van der Waals surface area contributed by atoms with Crippen molar-refractivity contribution in [1.82, 2.24) is 5.32 Å². The lowest BCUT2D eigenvalue weighted by atomic mass is 10.2. The molecular formula is C21H26N2O4. The van der Waals surface area contributed by atoms with Gasteiger partial charge < -0.3 is 20.1 Å². The van der Waals surface area contributed by atoms with E-state index in [0.29, 0.717) is 36.8 Å². The highest BCUT2D eigenvalue weighted by Gasteiger charge is 2.15. The Morgan fingerprint density at radius 2 is 1.85 bits per heavy atom. The maximum absolute atomic E-state index is 12.3. The molecule has 0 spiro atoms. The highest BCUT2D eigenvalue weighted by molar-refractivity contribution is 5.98. The van der Waals surface area contributed by atoms with Crippen LogP contribution in [0.25, 0.3) is 0 Å². The van der Waals surface area contributed by atoms with Crippen LogP contribution in [-0.2, 0) is 9.53 Å². The molecule has 0 fully saturated rings. The van der Waals surface area contributed by atoms with Gasteiger partial charge in [0.2, 0.25) is 0 Å². The smallest absolute Gasteiger partial charge is 0.265 e. The molecule has 144 valence electrons. The van der Waals surface area contributed by atoms with Crippen LogP contribution in [0.15, 0.2) is 54.6 Å². The zero-order valence-electron chi connectivity index (χ0n) is 15.7. The number of carbonyl (C=O) groups excluding carboxylic acids is 2. The molecule has 0 radical (unpaired) electrons. The van der Waals surface area contributed by atoms with Gasteiger partial charge in [-0.05, 0) is 50.6 Å². The summed E-state index contributed by atoms with van der Waals surface area (Å²) in [4.78, 5) is 24.5. The first-order chi connectivity index (χ1) is 13.1. The second kappa shape index (κ2) is 11.0. The summed E-state index contributed by atoms with van der Waals surface area (Å²) >= 11 is 0. The fraction of sp³-hybridized carbons (Fsp3) is 0.333. The van der Waals surface area contributed by atoms with Crippen LogP contribution in [0.5, 0.6) is 5.75 Å². The van der Waals surface area contributed by atoms with E-state index in [-0.39, 0.29) is 11.8 Å². The molecule has 2 aromatic rings. The molecule has 0 aliphatic carbocycles. The molecular weight excluding hydrogens is 344 g/mol. The predicted molar refractivity (Wildman–Crippen MR) is 105 cm³/mol. The standard InChI is InChI=1S/C21H26N2O4/c1-3-26-14-8-13-22-21(25)17-9-7-10-18(15-17)23-20(24)16(2)27-19-11-5-4-6-12-19/h4-7,9-12,15-16H,3,8,13-14H2,1-2H3,(H,22,25)(H,23,24). The van der Waals surface area contributed by atoms with Crippen molar-refractivity contribution in [2.75, 3.05) is 25.1 Å². The first kappa shape index (κ1) is 20.5. The second-order valence-electron chi connectivity index (χ2n) is 5.95. The third-order valence-electron chi connectivity index (χ3n) is 3.77. The summed E-state index contributed by atoms with van der Waals surface area (Å²) in [5, 5.41) is 5.61. The average molecular weight is 370 g/mol. The molecule has 0 aromatic heterocycles. The number of benzene rings is 2. The van der Waals surface area contributed by atoms with Crippen molar-refractivity contribution in [3.8, 4) is 5.75 Å². The van der Waals surface area contributed by atoms with Crippen LogP contribution in [0.4, 0.5) is 5.69 Å². The van der Waals surface area contributed by atoms with Crippen molar-refractivity contribution < 1.29 is 19.1 Å². The Balaban J connectivity index is 1.86. The van der Waals surface area contributed by atoms with E-state index in [2.05, 4.69) is 10.6 Å². The van der Waals surface area contributed by atoms with Crippen molar-refractivity contribution in [2.45, 2.75) is 26.4 Å². The molecule has 0 aliphatic rings. The number of nitrogens with one attached hydrogen (secondary N) is 2. The molecule has 6 nitrogen and oxygen atoms in total. The SMILES string of the molecule is CCOCCCNC(=O)c1cccc(NC(=O)C(C)Oc2ccccc2)c1. The number of ether oxygens (including phenoxy) is 2. The number of para-hydroxylation sites is 1. The molecule has 1 unspecified atom stereocenters. The van der Waals surface area contributed by atoms with Gasteiger partial charge in [-0.3, -0.25) is 9.59 Å². The fourth-order valence-corrected chi connectivity index (χ4v) is 2.36. The van der Waals surface area contributed by atoms with Gasteiger partial charge in [-0.25, -0.2) is 0 Å². The normalized spacial score (nSPS) is 11.5. The third kappa shape index (κ3) is 7.11. The van der Waals surface area contributed by atoms with Crippen molar-refractivity contribution in [1.29, 1.82) is 0 Å². The molecule has 2 N–H and O–H groups in total. The van der Waals surface area contributed by atoms with Crippen LogP contribution in [0.3, 0.4) is 0 Å². The van der Waals surface area contributed by atoms with Crippen molar-refractivity contribution >= 4 is 17.5 Å². The highest BCUT2D eigenvalue weighted by atomic mass is 16.5. The Kier molecular flexibility index (Phi) is 8.32. The van der Waals surface area contributed by atoms with E-state index in [1.165, 1.54) is 0 Å². The Morgan fingerprint density at radius 3 is 2.59 bits per heavy atom. The van der Waals surface area contributed by atoms with Gasteiger partial charge in [0, 0.05) is 31.0 Å². The van der Waals surface area contributed by atoms with Gasteiger partial charge in [0.1, 0.15) is 5.75 Å². The summed E-state index contributed by atoms with van der Waals surface area (Å²) < 4.78 is 10.8. The molecule has 2 rings (SSSR count). The fourth-order valence-electron chi connectivity index (χ4n) is 2.36. The Hall–Kier alpha value is -2.86. The third-order valence-corrected chi connectivity index (χ3v) is 3.77. The Labute approximate surface area is 159 Å². The van der Waals surface area contributed by atoms with E-state index in [0.717, 1.165) is 6.42 Å². The summed E-state index contributed by atoms with van der Waals surface area (Å²) in [6, 6.07) is 16.0. The van der Waals surface area contributed by atoms with Gasteiger partial charge >= 0.3 is 0 Å². The van der Waals surface area contributed by atoms with Crippen molar-refractivity contribution in [2.24, 2.45) is 0 Å². The van der Waals surface area contributed by atoms with Gasteiger partial charge in [0.25, 0.3) is 11.8 Å². The van der Waals surface area contributed by atoms with Crippen LogP contribution in [0.1, 0.15) is 30.6 Å². The quantitative estimate of drug-likeness (QED) is 0.630. The first-order valence-electron chi connectivity index (χ1n) is 9.08. The number of amides is 2. The molecule has 27 heavy (non-hydrogen) atoms. The number of carbonyl (C=O) groups is 2. The van der Waals surface area contributed by atoms with E-state index < -0.39 is 6.10 Å². The largest absolute Gasteiger partial charge is 0.481 e. The minimum Gasteiger partial charge on any atom is -0.481 e. The topological polar surface area (TPSA) is 76.7 Å². The highest BCUT2D eigenvalue weighted by Crippen LogP contribution is 2.14. The van der Waals surface area contributed by atoms with Crippen LogP contribution in [0, 0.1) is 0 Å². The minimum atomic E-state index is -0.663. The molecule has 0 aliphatic heterocycles. The lowest BCUT2D eigenvalue weighted by Crippen LogP contribution is -2.30. The van der Waals surface area contributed by atoms with E-state index in [1.807, 2.05) is 25.1 Å². The number of rotatable bonds is 10. The Bertz CT molecular complexity index is 734. The molecule has 0 bridgehead atoms. The predicted octanol–water partition coefficient (Wildman–Crippen LogP) is 3.25. The summed E-state index contributed by atoms with van der Waals surface area (Å²) in [7, 11) is 0. The second-order valence-corrected chi connectivity index (χ2v) is 5.95. The summed E-state index contributed by atoms with van der Waals surface area (Å²) in [6.07, 6.45) is 0.0908. The van der Waals surface area contributed by atoms with Crippen LogP contribution in [-0.4, -0.2) is 37.7 Å². The number of hydrogen-bond donors (Lipinski definition) is 2. The number of anilines is 1. The van der Waals surface area contributed by atoms with Crippen molar-refractivity contribution in [3.05, 3.63) is 60.2 Å². The number of hydrogen-bond acceptors (Lipinski definition) is 4. The first-order valence-corrected chi connectivity index (χ1v) is 9.08. The maximum atomic E-state index is 12.3. The molecule has 0 heterocycles. The lowest BCUT2D eigenvalue weighted by Gasteiger charge is -2.15. The lowest BCUT2D eigenvalue weighted by molar-refractivity contribution is -0.122. The van der Waals surface area contributed by atoms with Gasteiger partial charge in [0.15, 0.2) is 6.10 Å². The minimum absolute atomic E-state index is 0.184. The molecule has 0 saturated heterocycles. The monoisotopic (exact) mass is 370 g/mol. The van der Waals surface area contributed by atoms with Gasteiger partial charge in [-0.2, -0.15) is 0 Å². The van der Waals surface area contributed by atoms with E-state index in [9.17, 15) is 9.59 Å². The van der Waals surface area contributed by atoms with E-state index in [4.69, 9.17) is 9.47 Å². The van der Waals surface area contributed by atoms with Crippen LogP contribution < -0.4 is 15.4 Å². The summed E-state index contributed by atoms with van der Waals surface area (Å²) in [5.41, 5.74) is 1.03. The molecule has 2 amide bonds. The average Bonchev–Trinajstić information content (AvgIpc) is 2.68. The summed E-state index contributed by atoms with van der Waals surface area (Å²) in [6.45, 7) is 5.44. The molecule has 6 heteroatoms. The molecule has 1 atom stereocenters. The van der Waals surface area contributed by atoms with Crippen molar-refractivity contribution in [3.63, 3.8) is 0 Å².